The molecule has 23 heavy (non-hydrogen) atoms. The van der Waals surface area contributed by atoms with Crippen molar-refractivity contribution in [2.24, 2.45) is 5.41 Å². The molecule has 0 spiro atoms. The van der Waals surface area contributed by atoms with Gasteiger partial charge in [-0.15, -0.1) is 5.10 Å². The summed E-state index contributed by atoms with van der Waals surface area (Å²) in [6, 6.07) is 0.0418. The van der Waals surface area contributed by atoms with Gasteiger partial charge in [0, 0.05) is 32.2 Å². The van der Waals surface area contributed by atoms with Crippen molar-refractivity contribution in [2.75, 3.05) is 20.7 Å². The summed E-state index contributed by atoms with van der Waals surface area (Å²) in [4.78, 5) is 25.4. The number of rotatable bonds is 6. The van der Waals surface area contributed by atoms with Crippen molar-refractivity contribution >= 4 is 11.8 Å². The van der Waals surface area contributed by atoms with Crippen LogP contribution < -0.4 is 5.32 Å². The van der Waals surface area contributed by atoms with Gasteiger partial charge in [0.15, 0.2) is 5.69 Å². The summed E-state index contributed by atoms with van der Waals surface area (Å²) < 4.78 is 7.02. The Balaban J connectivity index is 1.92. The van der Waals surface area contributed by atoms with Crippen molar-refractivity contribution in [3.05, 3.63) is 11.9 Å². The van der Waals surface area contributed by atoms with E-state index in [2.05, 4.69) is 29.5 Å². The molecule has 0 radical (unpaired) electrons. The predicted molar refractivity (Wildman–Crippen MR) is 83.8 cm³/mol. The zero-order valence-electron chi connectivity index (χ0n) is 14.4. The van der Waals surface area contributed by atoms with Gasteiger partial charge in [-0.3, -0.25) is 9.59 Å². The summed E-state index contributed by atoms with van der Waals surface area (Å²) in [5.74, 6) is -0.386. The van der Waals surface area contributed by atoms with Gasteiger partial charge in [-0.05, 0) is 13.3 Å². The van der Waals surface area contributed by atoms with Gasteiger partial charge < -0.3 is 15.0 Å². The van der Waals surface area contributed by atoms with Crippen molar-refractivity contribution in [1.82, 2.24) is 25.2 Å². The van der Waals surface area contributed by atoms with E-state index in [1.54, 1.807) is 14.1 Å². The first-order valence-corrected chi connectivity index (χ1v) is 7.78. The molecule has 2 amide bonds. The first kappa shape index (κ1) is 17.4. The largest absolute Gasteiger partial charge is 0.378 e. The molecule has 8 nitrogen and oxygen atoms in total. The van der Waals surface area contributed by atoms with Crippen molar-refractivity contribution in [3.63, 3.8) is 0 Å². The molecule has 1 N–H and O–H groups in total. The third-order valence-corrected chi connectivity index (χ3v) is 4.42. The van der Waals surface area contributed by atoms with Crippen molar-refractivity contribution in [3.8, 4) is 0 Å². The Morgan fingerprint density at radius 2 is 2.17 bits per heavy atom. The van der Waals surface area contributed by atoms with Gasteiger partial charge in [0.25, 0.3) is 5.91 Å². The first-order valence-electron chi connectivity index (χ1n) is 7.78. The zero-order chi connectivity index (χ0) is 17.2. The topological polar surface area (TPSA) is 89.4 Å². The highest BCUT2D eigenvalue weighted by Crippen LogP contribution is 2.42. The van der Waals surface area contributed by atoms with Crippen LogP contribution in [0, 0.1) is 5.41 Å². The molecule has 0 aliphatic heterocycles. The molecule has 1 aliphatic rings. The number of aromatic nitrogens is 3. The van der Waals surface area contributed by atoms with Crippen LogP contribution in [0.1, 0.15) is 37.7 Å². The maximum atomic E-state index is 12.3. The van der Waals surface area contributed by atoms with Gasteiger partial charge in [0.2, 0.25) is 5.91 Å². The summed E-state index contributed by atoms with van der Waals surface area (Å²) in [6.45, 7) is 6.86. The maximum Gasteiger partial charge on any atom is 0.273 e. The van der Waals surface area contributed by atoms with Gasteiger partial charge in [-0.2, -0.15) is 0 Å². The molecule has 1 aromatic rings. The number of nitrogens with one attached hydrogen (secondary N) is 1. The van der Waals surface area contributed by atoms with Crippen LogP contribution in [0.15, 0.2) is 6.20 Å². The highest BCUT2D eigenvalue weighted by molar-refractivity contribution is 5.92. The summed E-state index contributed by atoms with van der Waals surface area (Å²) in [5.41, 5.74) is 0.106. The number of ether oxygens (including phenoxy) is 1. The summed E-state index contributed by atoms with van der Waals surface area (Å²) in [6.07, 6.45) is 2.44. The Kier molecular flexibility index (Phi) is 5.03. The fraction of sp³-hybridized carbons (Fsp3) is 0.733. The predicted octanol–water partition coefficient (Wildman–Crippen LogP) is 0.300. The van der Waals surface area contributed by atoms with Gasteiger partial charge in [0.05, 0.1) is 12.3 Å². The Bertz CT molecular complexity index is 581. The molecule has 2 rings (SSSR count). The second-order valence-corrected chi connectivity index (χ2v) is 6.62. The first-order chi connectivity index (χ1) is 10.8. The lowest BCUT2D eigenvalue weighted by Crippen LogP contribution is -2.62. The summed E-state index contributed by atoms with van der Waals surface area (Å²) in [5, 5.41) is 10.6. The number of likely N-dealkylation sites (N-methyl/N-ethyl adjacent to an activating group) is 1. The van der Waals surface area contributed by atoms with Crippen LogP contribution >= 0.6 is 0 Å². The van der Waals surface area contributed by atoms with Crippen LogP contribution in [0.5, 0.6) is 0 Å². The number of amides is 2. The molecule has 1 aromatic heterocycles. The maximum absolute atomic E-state index is 12.3. The second kappa shape index (κ2) is 6.66. The highest BCUT2D eigenvalue weighted by Gasteiger charge is 2.49. The van der Waals surface area contributed by atoms with Gasteiger partial charge in [0.1, 0.15) is 6.54 Å². The standard InChI is InChI=1S/C15H25N5O3/c1-6-23-12-7-11(15(12,2)3)16-14(22)10-8-20(18-17-10)9-13(21)19(4)5/h8,11-12H,6-7,9H2,1-5H3,(H,16,22)/t11-,12-/m1/s1. The molecule has 2 atom stereocenters. The number of hydrogen-bond acceptors (Lipinski definition) is 5. The van der Waals surface area contributed by atoms with Crippen LogP contribution in [0.3, 0.4) is 0 Å². The van der Waals surface area contributed by atoms with Gasteiger partial charge in [-0.1, -0.05) is 19.1 Å². The van der Waals surface area contributed by atoms with Crippen LogP contribution in [0.4, 0.5) is 0 Å². The minimum Gasteiger partial charge on any atom is -0.378 e. The Labute approximate surface area is 136 Å². The normalized spacial score (nSPS) is 22.3. The van der Waals surface area contributed by atoms with Crippen molar-refractivity contribution in [1.29, 1.82) is 0 Å². The lowest BCUT2D eigenvalue weighted by Gasteiger charge is -2.51. The minimum atomic E-state index is -0.276. The van der Waals surface area contributed by atoms with Crippen molar-refractivity contribution in [2.45, 2.75) is 45.9 Å². The van der Waals surface area contributed by atoms with Gasteiger partial charge >= 0.3 is 0 Å². The number of carbonyl (C=O) groups is 2. The van der Waals surface area contributed by atoms with Crippen LogP contribution in [-0.2, 0) is 16.1 Å². The number of carbonyl (C=O) groups excluding carboxylic acids is 2. The Morgan fingerprint density at radius 3 is 2.74 bits per heavy atom. The number of nitrogens with zero attached hydrogens (tertiary/aromatic N) is 4. The zero-order valence-corrected chi connectivity index (χ0v) is 14.4. The summed E-state index contributed by atoms with van der Waals surface area (Å²) in [7, 11) is 3.33. The molecule has 0 aromatic carbocycles. The van der Waals surface area contributed by atoms with E-state index in [9.17, 15) is 9.59 Å². The van der Waals surface area contributed by atoms with E-state index in [1.807, 2.05) is 6.92 Å². The molecule has 1 aliphatic carbocycles. The molecule has 0 bridgehead atoms. The van der Waals surface area contributed by atoms with E-state index in [-0.39, 0.29) is 41.6 Å². The molecule has 1 fully saturated rings. The van der Waals surface area contributed by atoms with E-state index >= 15 is 0 Å². The Hall–Kier alpha value is -1.96. The molecular weight excluding hydrogens is 298 g/mol. The van der Waals surface area contributed by atoms with Crippen molar-refractivity contribution < 1.29 is 14.3 Å². The van der Waals surface area contributed by atoms with Crippen LogP contribution in [0.25, 0.3) is 0 Å². The third-order valence-electron chi connectivity index (χ3n) is 4.42. The average molecular weight is 323 g/mol. The summed E-state index contributed by atoms with van der Waals surface area (Å²) >= 11 is 0. The van der Waals surface area contributed by atoms with Crippen LogP contribution in [0.2, 0.25) is 0 Å². The molecular formula is C15H25N5O3. The van der Waals surface area contributed by atoms with E-state index in [4.69, 9.17) is 4.74 Å². The second-order valence-electron chi connectivity index (χ2n) is 6.62. The van der Waals surface area contributed by atoms with E-state index in [0.717, 1.165) is 6.42 Å². The molecule has 128 valence electrons. The molecule has 8 heteroatoms. The molecule has 0 unspecified atom stereocenters. The lowest BCUT2D eigenvalue weighted by molar-refractivity contribution is -0.129. The smallest absolute Gasteiger partial charge is 0.273 e. The SMILES string of the molecule is CCO[C@@H]1C[C@@H](NC(=O)c2cn(CC(=O)N(C)C)nn2)C1(C)C. The molecule has 0 saturated heterocycles. The average Bonchev–Trinajstić information content (AvgIpc) is 2.94. The minimum absolute atomic E-state index is 0.0418. The van der Waals surface area contributed by atoms with E-state index in [1.165, 1.54) is 15.8 Å². The fourth-order valence-electron chi connectivity index (χ4n) is 2.61. The lowest BCUT2D eigenvalue weighted by atomic mass is 9.64. The van der Waals surface area contributed by atoms with E-state index in [0.29, 0.717) is 6.61 Å². The van der Waals surface area contributed by atoms with Crippen LogP contribution in [-0.4, -0.2) is 64.6 Å². The molecule has 1 heterocycles. The highest BCUT2D eigenvalue weighted by atomic mass is 16.5. The quantitative estimate of drug-likeness (QED) is 0.813. The monoisotopic (exact) mass is 323 g/mol. The van der Waals surface area contributed by atoms with E-state index < -0.39 is 0 Å². The Morgan fingerprint density at radius 1 is 1.48 bits per heavy atom. The fourth-order valence-corrected chi connectivity index (χ4v) is 2.61. The number of hydrogen-bond donors (Lipinski definition) is 1. The molecule has 1 saturated carbocycles. The van der Waals surface area contributed by atoms with Gasteiger partial charge in [-0.25, -0.2) is 4.68 Å². The third kappa shape index (κ3) is 3.69.